The van der Waals surface area contributed by atoms with Crippen molar-refractivity contribution in [2.24, 2.45) is 10.2 Å². The van der Waals surface area contributed by atoms with Crippen LogP contribution in [0.1, 0.15) is 22.6 Å². The van der Waals surface area contributed by atoms with Crippen molar-refractivity contribution in [3.8, 4) is 5.75 Å². The van der Waals surface area contributed by atoms with Crippen molar-refractivity contribution in [1.29, 1.82) is 0 Å². The minimum Gasteiger partial charge on any atom is -0.415 e. The van der Waals surface area contributed by atoms with Gasteiger partial charge < -0.3 is 9.64 Å². The summed E-state index contributed by atoms with van der Waals surface area (Å²) in [6.45, 7) is 1.92. The van der Waals surface area contributed by atoms with Crippen LogP contribution in [0, 0.1) is 29.1 Å². The fourth-order valence-corrected chi connectivity index (χ4v) is 5.00. The zero-order valence-electron chi connectivity index (χ0n) is 17.4. The molecule has 35 heavy (non-hydrogen) atoms. The van der Waals surface area contributed by atoms with E-state index >= 15 is 0 Å². The lowest BCUT2D eigenvalue weighted by Gasteiger charge is -2.11. The summed E-state index contributed by atoms with van der Waals surface area (Å²) in [5.74, 6) is -14.4. The molecule has 0 atom stereocenters. The number of hydrogen-bond acceptors (Lipinski definition) is 9. The average Bonchev–Trinajstić information content (AvgIpc) is 3.62. The van der Waals surface area contributed by atoms with Crippen LogP contribution in [-0.4, -0.2) is 29.0 Å². The lowest BCUT2D eigenvalue weighted by atomic mass is 10.2. The summed E-state index contributed by atoms with van der Waals surface area (Å²) in [6, 6.07) is 4.71. The molecule has 0 saturated carbocycles. The van der Waals surface area contributed by atoms with E-state index in [9.17, 15) is 26.7 Å². The molecule has 14 heteroatoms. The molecular weight excluding hydrogens is 513 g/mol. The summed E-state index contributed by atoms with van der Waals surface area (Å²) >= 11 is 2.21. The van der Waals surface area contributed by atoms with Crippen molar-refractivity contribution in [3.05, 3.63) is 58.5 Å². The summed E-state index contributed by atoms with van der Waals surface area (Å²) in [4.78, 5) is 22.8. The smallest absolute Gasteiger partial charge is 0.373 e. The third kappa shape index (κ3) is 4.46. The van der Waals surface area contributed by atoms with Crippen molar-refractivity contribution in [2.75, 3.05) is 18.0 Å². The number of esters is 1. The van der Waals surface area contributed by atoms with Crippen molar-refractivity contribution < 1.29 is 31.5 Å². The molecule has 1 aliphatic heterocycles. The maximum Gasteiger partial charge on any atom is 0.373 e. The van der Waals surface area contributed by atoms with E-state index < -0.39 is 40.8 Å². The molecule has 2 aromatic carbocycles. The van der Waals surface area contributed by atoms with Gasteiger partial charge in [-0.3, -0.25) is 0 Å². The van der Waals surface area contributed by atoms with Gasteiger partial charge in [0.15, 0.2) is 10.1 Å². The van der Waals surface area contributed by atoms with E-state index in [4.69, 9.17) is 0 Å². The minimum atomic E-state index is -2.35. The molecule has 1 aliphatic rings. The van der Waals surface area contributed by atoms with Crippen LogP contribution in [0.2, 0.25) is 0 Å². The van der Waals surface area contributed by atoms with E-state index in [2.05, 4.69) is 29.8 Å². The van der Waals surface area contributed by atoms with Gasteiger partial charge in [0.1, 0.15) is 0 Å². The van der Waals surface area contributed by atoms with Gasteiger partial charge in [-0.15, -0.1) is 21.6 Å². The summed E-state index contributed by atoms with van der Waals surface area (Å²) in [6.07, 6.45) is 3.88. The Hall–Kier alpha value is -3.52. The highest BCUT2D eigenvalue weighted by molar-refractivity contribution is 7.20. The van der Waals surface area contributed by atoms with Crippen LogP contribution in [0.25, 0.3) is 10.2 Å². The fourth-order valence-electron chi connectivity index (χ4n) is 3.34. The third-order valence-electron chi connectivity index (χ3n) is 5.03. The molecule has 1 saturated heterocycles. The summed E-state index contributed by atoms with van der Waals surface area (Å²) in [5, 5.41) is 9.48. The Morgan fingerprint density at radius 3 is 2.34 bits per heavy atom. The highest BCUT2D eigenvalue weighted by Gasteiger charge is 2.29. The standard InChI is InChI=1S/C21H12F5N5O2S2/c22-13-14(23)16(25)18(17(26)15(13)24)33-20(32)19-28-10-4-3-9(7-11(10)34-19)29-30-12-8-27-21(35-12)31-5-1-2-6-31/h3-4,7-8H,1-2,5-6H2/b30-29+. The SMILES string of the molecule is O=C(Oc1c(F)c(F)c(F)c(F)c1F)c1nc2ccc(/N=N/c3cnc(N4CCCC4)s3)cc2s1. The number of nitrogens with zero attached hydrogens (tertiary/aromatic N) is 5. The number of benzene rings is 2. The third-order valence-corrected chi connectivity index (χ3v) is 6.97. The monoisotopic (exact) mass is 525 g/mol. The van der Waals surface area contributed by atoms with Crippen LogP contribution in [0.3, 0.4) is 0 Å². The number of azo groups is 1. The molecule has 5 rings (SSSR count). The van der Waals surface area contributed by atoms with Gasteiger partial charge in [0, 0.05) is 13.1 Å². The number of halogens is 5. The van der Waals surface area contributed by atoms with Gasteiger partial charge in [0.05, 0.1) is 22.1 Å². The molecule has 4 aromatic rings. The van der Waals surface area contributed by atoms with Crippen LogP contribution >= 0.6 is 22.7 Å². The second-order valence-corrected chi connectivity index (χ2v) is 9.35. The molecule has 0 amide bonds. The summed E-state index contributed by atoms with van der Waals surface area (Å²) < 4.78 is 72.4. The predicted molar refractivity (Wildman–Crippen MR) is 119 cm³/mol. The number of ether oxygens (including phenoxy) is 1. The van der Waals surface area contributed by atoms with Crippen molar-refractivity contribution >= 4 is 54.7 Å². The zero-order valence-corrected chi connectivity index (χ0v) is 19.0. The van der Waals surface area contributed by atoms with Gasteiger partial charge in [-0.1, -0.05) is 11.3 Å². The Bertz CT molecular complexity index is 1450. The predicted octanol–water partition coefficient (Wildman–Crippen LogP) is 6.68. The first-order valence-electron chi connectivity index (χ1n) is 10.1. The van der Waals surface area contributed by atoms with Crippen molar-refractivity contribution in [1.82, 2.24) is 9.97 Å². The minimum absolute atomic E-state index is 0.340. The number of rotatable bonds is 5. The molecule has 2 aromatic heterocycles. The molecule has 180 valence electrons. The lowest BCUT2D eigenvalue weighted by molar-refractivity contribution is 0.0716. The van der Waals surface area contributed by atoms with E-state index in [-0.39, 0.29) is 5.01 Å². The first-order chi connectivity index (χ1) is 16.8. The van der Waals surface area contributed by atoms with E-state index in [1.165, 1.54) is 17.4 Å². The first-order valence-corrected chi connectivity index (χ1v) is 11.7. The van der Waals surface area contributed by atoms with Gasteiger partial charge >= 0.3 is 5.97 Å². The van der Waals surface area contributed by atoms with Crippen LogP contribution < -0.4 is 9.64 Å². The second kappa shape index (κ2) is 9.26. The van der Waals surface area contributed by atoms with Gasteiger partial charge in [0.2, 0.25) is 39.8 Å². The molecule has 0 spiro atoms. The number of carbonyl (C=O) groups excluding carboxylic acids is 1. The fraction of sp³-hybridized carbons (Fsp3) is 0.190. The van der Waals surface area contributed by atoms with E-state index in [0.717, 1.165) is 42.4 Å². The number of thiazole rings is 2. The Balaban J connectivity index is 1.35. The van der Waals surface area contributed by atoms with Gasteiger partial charge in [-0.2, -0.15) is 8.78 Å². The maximum atomic E-state index is 13.8. The molecule has 1 fully saturated rings. The van der Waals surface area contributed by atoms with Crippen molar-refractivity contribution in [3.63, 3.8) is 0 Å². The maximum absolute atomic E-state index is 13.8. The Labute approximate surface area is 201 Å². The largest absolute Gasteiger partial charge is 0.415 e. The molecule has 0 aliphatic carbocycles. The van der Waals surface area contributed by atoms with Crippen LogP contribution in [-0.2, 0) is 0 Å². The molecule has 7 nitrogen and oxygen atoms in total. The summed E-state index contributed by atoms with van der Waals surface area (Å²) in [5.41, 5.74) is 0.782. The molecular formula is C21H12F5N5O2S2. The number of hydrogen-bond donors (Lipinski definition) is 0. The van der Waals surface area contributed by atoms with Gasteiger partial charge in [-0.05, 0) is 31.0 Å². The quantitative estimate of drug-likeness (QED) is 0.0725. The number of aromatic nitrogens is 2. The van der Waals surface area contributed by atoms with Crippen molar-refractivity contribution in [2.45, 2.75) is 12.8 Å². The Morgan fingerprint density at radius 1 is 0.943 bits per heavy atom. The molecule has 0 bridgehead atoms. The topological polar surface area (TPSA) is 80.0 Å². The molecule has 0 N–H and O–H groups in total. The van der Waals surface area contributed by atoms with Crippen LogP contribution in [0.15, 0.2) is 34.6 Å². The van der Waals surface area contributed by atoms with E-state index in [1.54, 1.807) is 18.3 Å². The zero-order chi connectivity index (χ0) is 24.7. The Kier molecular flexibility index (Phi) is 6.15. The Morgan fingerprint density at radius 2 is 1.63 bits per heavy atom. The molecule has 0 radical (unpaired) electrons. The van der Waals surface area contributed by atoms with E-state index in [1.807, 2.05) is 0 Å². The highest BCUT2D eigenvalue weighted by atomic mass is 32.1. The normalized spacial score (nSPS) is 13.9. The summed E-state index contributed by atoms with van der Waals surface area (Å²) in [7, 11) is 0. The van der Waals surface area contributed by atoms with Crippen LogP contribution in [0.4, 0.5) is 37.8 Å². The highest BCUT2D eigenvalue weighted by Crippen LogP contribution is 2.34. The molecule has 3 heterocycles. The van der Waals surface area contributed by atoms with Crippen LogP contribution in [0.5, 0.6) is 5.75 Å². The number of fused-ring (bicyclic) bond motifs is 1. The second-order valence-electron chi connectivity index (χ2n) is 7.33. The van der Waals surface area contributed by atoms with Gasteiger partial charge in [0.25, 0.3) is 0 Å². The number of carbonyl (C=O) groups is 1. The average molecular weight is 525 g/mol. The van der Waals surface area contributed by atoms with E-state index in [0.29, 0.717) is 20.9 Å². The number of anilines is 1. The first kappa shape index (κ1) is 23.2. The molecule has 0 unspecified atom stereocenters. The van der Waals surface area contributed by atoms with Gasteiger partial charge in [-0.25, -0.2) is 27.9 Å². The lowest BCUT2D eigenvalue weighted by Crippen LogP contribution is -2.16.